The second kappa shape index (κ2) is 9.86. The van der Waals surface area contributed by atoms with Gasteiger partial charge in [-0.05, 0) is 43.5 Å². The lowest BCUT2D eigenvalue weighted by molar-refractivity contribution is -0.376. The van der Waals surface area contributed by atoms with Crippen LogP contribution in [0.4, 0.5) is 40.8 Å². The van der Waals surface area contributed by atoms with Crippen molar-refractivity contribution >= 4 is 21.6 Å². The maximum absolute atomic E-state index is 13.7. The van der Waals surface area contributed by atoms with Gasteiger partial charge in [0.25, 0.3) is 21.5 Å². The first-order valence-electron chi connectivity index (χ1n) is 12.0. The van der Waals surface area contributed by atoms with Gasteiger partial charge in [-0.15, -0.1) is 0 Å². The average molecular weight is 601 g/mol. The molecule has 1 aliphatic carbocycles. The summed E-state index contributed by atoms with van der Waals surface area (Å²) in [6.45, 7) is 1.69. The molecule has 15 heteroatoms. The summed E-state index contributed by atoms with van der Waals surface area (Å²) in [7, 11) is -4.50. The number of amides is 1. The van der Waals surface area contributed by atoms with E-state index in [0.29, 0.717) is 17.7 Å². The first-order valence-corrected chi connectivity index (χ1v) is 13.5. The van der Waals surface area contributed by atoms with Crippen LogP contribution in [0.1, 0.15) is 42.4 Å². The number of nitrogens with one attached hydrogen (secondary N) is 1. The number of benzene rings is 2. The number of alkyl halides is 8. The predicted molar refractivity (Wildman–Crippen MR) is 126 cm³/mol. The zero-order valence-corrected chi connectivity index (χ0v) is 21.6. The molecule has 0 aromatic heterocycles. The third kappa shape index (κ3) is 5.37. The number of rotatable bonds is 6. The van der Waals surface area contributed by atoms with Crippen molar-refractivity contribution in [2.45, 2.75) is 79.9 Å². The lowest BCUT2D eigenvalue weighted by Gasteiger charge is -2.40. The Balaban J connectivity index is 1.75. The minimum atomic E-state index is -6.14. The van der Waals surface area contributed by atoms with Crippen LogP contribution < -0.4 is 9.62 Å². The average Bonchev–Trinajstić information content (AvgIpc) is 2.80. The molecule has 2 N–H and O–H groups in total. The Morgan fingerprint density at radius 3 is 2.12 bits per heavy atom. The zero-order chi connectivity index (χ0) is 29.9. The molecular weight excluding hydrogens is 576 g/mol. The molecule has 1 fully saturated rings. The summed E-state index contributed by atoms with van der Waals surface area (Å²) in [6.07, 6.45) is -14.4. The highest BCUT2D eigenvalue weighted by Crippen LogP contribution is 2.51. The van der Waals surface area contributed by atoms with Crippen LogP contribution in [-0.2, 0) is 26.8 Å². The van der Waals surface area contributed by atoms with Crippen LogP contribution in [0, 0.1) is 6.92 Å². The van der Waals surface area contributed by atoms with Gasteiger partial charge in [0.05, 0.1) is 16.6 Å². The number of hydrogen-bond acceptors (Lipinski definition) is 4. The normalized spacial score (nSPS) is 20.1. The van der Waals surface area contributed by atoms with Crippen molar-refractivity contribution in [3.05, 3.63) is 59.2 Å². The smallest absolute Gasteiger partial charge is 0.369 e. The van der Waals surface area contributed by atoms with E-state index in [0.717, 1.165) is 10.4 Å². The number of carbonyl (C=O) groups excluding carboxylic acids is 1. The second-order valence-electron chi connectivity index (χ2n) is 10.1. The Bertz CT molecular complexity index is 1370. The number of aryl methyl sites for hydroxylation is 2. The topological polar surface area (TPSA) is 86.7 Å². The number of sulfonamides is 1. The minimum Gasteiger partial charge on any atom is -0.369 e. The highest BCUT2D eigenvalue weighted by Gasteiger charge is 2.71. The van der Waals surface area contributed by atoms with Gasteiger partial charge in [0.2, 0.25) is 5.91 Å². The summed E-state index contributed by atoms with van der Waals surface area (Å²) in [6, 6.07) is 5.06. The van der Waals surface area contributed by atoms with Crippen molar-refractivity contribution in [2.75, 3.05) is 4.31 Å². The predicted octanol–water partition coefficient (Wildman–Crippen LogP) is 5.12. The molecule has 6 nitrogen and oxygen atoms in total. The van der Waals surface area contributed by atoms with Crippen LogP contribution in [-0.4, -0.2) is 49.8 Å². The third-order valence-corrected chi connectivity index (χ3v) is 8.97. The summed E-state index contributed by atoms with van der Waals surface area (Å²) in [5.41, 5.74) is -6.54. The molecule has 1 saturated carbocycles. The van der Waals surface area contributed by atoms with E-state index >= 15 is 0 Å². The number of aliphatic hydroxyl groups is 1. The van der Waals surface area contributed by atoms with E-state index in [1.54, 1.807) is 6.92 Å². The van der Waals surface area contributed by atoms with E-state index in [-0.39, 0.29) is 29.0 Å². The Morgan fingerprint density at radius 1 is 1.02 bits per heavy atom. The molecular formula is C25H24F8N2O4S. The van der Waals surface area contributed by atoms with Gasteiger partial charge in [0.15, 0.2) is 0 Å². The van der Waals surface area contributed by atoms with Crippen LogP contribution in [0.25, 0.3) is 0 Å². The van der Waals surface area contributed by atoms with Crippen molar-refractivity contribution in [3.63, 3.8) is 0 Å². The molecule has 0 radical (unpaired) electrons. The van der Waals surface area contributed by atoms with E-state index in [9.17, 15) is 53.4 Å². The van der Waals surface area contributed by atoms with Gasteiger partial charge in [0, 0.05) is 30.9 Å². The highest BCUT2D eigenvalue weighted by atomic mass is 32.2. The maximum atomic E-state index is 13.7. The standard InChI is InChI=1S/C25H24F8N2O4S/c1-14-2-7-19(8-3-14)40(38,39)35-18(11-21(36)34-17-12-22(26,27)13-17)6-4-15-10-16(5-9-20(15)35)23(37,24(28,29)30)25(31,32)33/h2-3,5,7-10,17-18,37H,4,6,11-13H2,1H3,(H,34,36). The molecule has 2 aromatic rings. The van der Waals surface area contributed by atoms with Crippen molar-refractivity contribution in [3.8, 4) is 0 Å². The van der Waals surface area contributed by atoms with Crippen LogP contribution in [0.2, 0.25) is 0 Å². The zero-order valence-electron chi connectivity index (χ0n) is 20.8. The number of anilines is 1. The molecule has 1 atom stereocenters. The summed E-state index contributed by atoms with van der Waals surface area (Å²) in [5, 5.41) is 12.2. The van der Waals surface area contributed by atoms with Gasteiger partial charge in [0.1, 0.15) is 0 Å². The third-order valence-electron chi connectivity index (χ3n) is 7.09. The van der Waals surface area contributed by atoms with E-state index in [2.05, 4.69) is 5.32 Å². The molecule has 4 rings (SSSR count). The van der Waals surface area contributed by atoms with Crippen molar-refractivity contribution in [1.82, 2.24) is 5.32 Å². The summed E-state index contributed by atoms with van der Waals surface area (Å²) in [5.74, 6) is -3.66. The van der Waals surface area contributed by atoms with Crippen molar-refractivity contribution in [2.24, 2.45) is 0 Å². The molecule has 0 bridgehead atoms. The monoisotopic (exact) mass is 600 g/mol. The first-order chi connectivity index (χ1) is 18.3. The van der Waals surface area contributed by atoms with Gasteiger partial charge in [-0.3, -0.25) is 9.10 Å². The fraction of sp³-hybridized carbons (Fsp3) is 0.480. The fourth-order valence-corrected chi connectivity index (χ4v) is 6.66. The largest absolute Gasteiger partial charge is 0.430 e. The Morgan fingerprint density at radius 2 is 1.60 bits per heavy atom. The molecule has 1 aliphatic heterocycles. The molecule has 2 aromatic carbocycles. The lowest BCUT2D eigenvalue weighted by Crippen LogP contribution is -2.54. The van der Waals surface area contributed by atoms with Crippen molar-refractivity contribution < 1.29 is 53.4 Å². The number of hydrogen-bond donors (Lipinski definition) is 2. The fourth-order valence-electron chi connectivity index (χ4n) is 4.95. The van der Waals surface area contributed by atoms with Gasteiger partial charge in [-0.25, -0.2) is 17.2 Å². The Kier molecular flexibility index (Phi) is 7.40. The number of halogens is 8. The molecule has 0 spiro atoms. The number of nitrogens with zero attached hydrogens (tertiary/aromatic N) is 1. The van der Waals surface area contributed by atoms with E-state index in [4.69, 9.17) is 0 Å². The lowest BCUT2D eigenvalue weighted by atomic mass is 9.87. The molecule has 220 valence electrons. The molecule has 1 heterocycles. The quantitative estimate of drug-likeness (QED) is 0.451. The van der Waals surface area contributed by atoms with E-state index in [1.807, 2.05) is 0 Å². The SMILES string of the molecule is Cc1ccc(S(=O)(=O)N2c3ccc(C(O)(C(F)(F)F)C(F)(F)F)cc3CCC2CC(=O)NC2CC(F)(F)C2)cc1. The van der Waals surface area contributed by atoms with E-state index < -0.39 is 76.7 Å². The first kappa shape index (κ1) is 30.0. The molecule has 1 unspecified atom stereocenters. The summed E-state index contributed by atoms with van der Waals surface area (Å²) in [4.78, 5) is 12.4. The minimum absolute atomic E-state index is 0.188. The maximum Gasteiger partial charge on any atom is 0.430 e. The van der Waals surface area contributed by atoms with Gasteiger partial charge < -0.3 is 10.4 Å². The molecule has 40 heavy (non-hydrogen) atoms. The molecule has 2 aliphatic rings. The highest BCUT2D eigenvalue weighted by molar-refractivity contribution is 7.92. The molecule has 1 amide bonds. The molecule has 0 saturated heterocycles. The number of carbonyl (C=O) groups is 1. The summed E-state index contributed by atoms with van der Waals surface area (Å²) >= 11 is 0. The van der Waals surface area contributed by atoms with Gasteiger partial charge in [-0.2, -0.15) is 26.3 Å². The van der Waals surface area contributed by atoms with E-state index in [1.165, 1.54) is 24.3 Å². The Hall–Kier alpha value is -2.94. The van der Waals surface area contributed by atoms with Gasteiger partial charge >= 0.3 is 12.4 Å². The van der Waals surface area contributed by atoms with Crippen LogP contribution in [0.5, 0.6) is 0 Å². The van der Waals surface area contributed by atoms with Crippen LogP contribution in [0.15, 0.2) is 47.4 Å². The van der Waals surface area contributed by atoms with Crippen LogP contribution in [0.3, 0.4) is 0 Å². The second-order valence-corrected chi connectivity index (χ2v) is 11.9. The van der Waals surface area contributed by atoms with Gasteiger partial charge in [-0.1, -0.05) is 29.8 Å². The Labute approximate surface area is 224 Å². The van der Waals surface area contributed by atoms with Crippen molar-refractivity contribution in [1.29, 1.82) is 0 Å². The van der Waals surface area contributed by atoms with Crippen LogP contribution >= 0.6 is 0 Å². The summed E-state index contributed by atoms with van der Waals surface area (Å²) < 4.78 is 135. The number of fused-ring (bicyclic) bond motifs is 1.